The van der Waals surface area contributed by atoms with E-state index in [2.05, 4.69) is 19.9 Å². The van der Waals surface area contributed by atoms with Crippen LogP contribution in [-0.2, 0) is 4.74 Å². The van der Waals surface area contributed by atoms with Gasteiger partial charge in [0.25, 0.3) is 11.6 Å². The number of rotatable bonds is 5. The van der Waals surface area contributed by atoms with E-state index in [-0.39, 0.29) is 23.8 Å². The van der Waals surface area contributed by atoms with Crippen molar-refractivity contribution in [3.05, 3.63) is 10.4 Å². The molecule has 2 aromatic heterocycles. The number of anilines is 1. The number of fused-ring (bicyclic) bond motifs is 1. The van der Waals surface area contributed by atoms with Gasteiger partial charge in [-0.3, -0.25) is 15.0 Å². The first-order valence-corrected chi connectivity index (χ1v) is 5.35. The second-order valence-corrected chi connectivity index (χ2v) is 3.59. The largest absolute Gasteiger partial charge is 0.480 e. The average molecular weight is 255 g/mol. The predicted octanol–water partition coefficient (Wildman–Crippen LogP) is -0.0685. The van der Waals surface area contributed by atoms with Crippen molar-refractivity contribution in [2.45, 2.75) is 13.3 Å². The molecular formula is C9H13N5O4. The molecule has 0 amide bonds. The molecule has 0 aliphatic carbocycles. The molecule has 0 atom stereocenters. The first kappa shape index (κ1) is 12.3. The molecule has 2 aromatic rings. The summed E-state index contributed by atoms with van der Waals surface area (Å²) in [6.07, 6.45) is 0.810. The highest BCUT2D eigenvalue weighted by Gasteiger charge is 2.12. The molecule has 0 spiro atoms. The van der Waals surface area contributed by atoms with Gasteiger partial charge >= 0.3 is 0 Å². The van der Waals surface area contributed by atoms with Crippen LogP contribution in [0.4, 0.5) is 5.95 Å². The molecule has 2 heterocycles. The van der Waals surface area contributed by atoms with Gasteiger partial charge in [0.05, 0.1) is 0 Å². The molecule has 9 nitrogen and oxygen atoms in total. The Bertz CT molecular complexity index is 592. The van der Waals surface area contributed by atoms with Crippen molar-refractivity contribution in [2.75, 3.05) is 18.4 Å². The van der Waals surface area contributed by atoms with E-state index >= 15 is 0 Å². The number of ether oxygens (including phenoxy) is 1. The van der Waals surface area contributed by atoms with Crippen LogP contribution in [-0.4, -0.2) is 43.6 Å². The minimum absolute atomic E-state index is 0.0146. The Morgan fingerprint density at radius 1 is 1.39 bits per heavy atom. The second kappa shape index (κ2) is 5.02. The number of hydroxylamine groups is 1. The van der Waals surface area contributed by atoms with E-state index in [1.54, 1.807) is 0 Å². The second-order valence-electron chi connectivity index (χ2n) is 3.59. The van der Waals surface area contributed by atoms with Gasteiger partial charge < -0.3 is 14.8 Å². The topological polar surface area (TPSA) is 127 Å². The Hall–Kier alpha value is -2.13. The number of hydrogen-bond acceptors (Lipinski definition) is 7. The lowest BCUT2D eigenvalue weighted by atomic mass is 10.5. The molecule has 4 N–H and O–H groups in total. The van der Waals surface area contributed by atoms with E-state index in [0.717, 1.165) is 6.42 Å². The Morgan fingerprint density at radius 3 is 2.89 bits per heavy atom. The summed E-state index contributed by atoms with van der Waals surface area (Å²) >= 11 is 0. The smallest absolute Gasteiger partial charge is 0.293 e. The summed E-state index contributed by atoms with van der Waals surface area (Å²) in [5.41, 5.74) is -0.489. The molecule has 0 aliphatic rings. The zero-order valence-corrected chi connectivity index (χ0v) is 9.67. The summed E-state index contributed by atoms with van der Waals surface area (Å²) in [6.45, 7) is 2.28. The molecule has 0 bridgehead atoms. The Balaban J connectivity index is 2.25. The van der Waals surface area contributed by atoms with Crippen LogP contribution in [0.15, 0.2) is 4.79 Å². The lowest BCUT2D eigenvalue weighted by Crippen LogP contribution is -2.26. The Labute approximate surface area is 101 Å². The molecule has 0 aliphatic heterocycles. The van der Waals surface area contributed by atoms with Gasteiger partial charge in [-0.1, -0.05) is 6.92 Å². The molecular weight excluding hydrogens is 242 g/mol. The van der Waals surface area contributed by atoms with Gasteiger partial charge in [-0.05, 0) is 6.42 Å². The number of imidazole rings is 1. The third-order valence-electron chi connectivity index (χ3n) is 2.14. The van der Waals surface area contributed by atoms with E-state index in [1.807, 2.05) is 6.92 Å². The maximum atomic E-state index is 11.6. The number of aromatic hydroxyl groups is 1. The van der Waals surface area contributed by atoms with E-state index in [4.69, 9.17) is 9.84 Å². The highest BCUT2D eigenvalue weighted by atomic mass is 16.6. The molecule has 9 heteroatoms. The summed E-state index contributed by atoms with van der Waals surface area (Å²) in [5.74, 6) is -0.102. The number of nitrogens with one attached hydrogen (secondary N) is 2. The summed E-state index contributed by atoms with van der Waals surface area (Å²) in [5, 5.41) is 19.4. The first-order chi connectivity index (χ1) is 8.61. The van der Waals surface area contributed by atoms with Gasteiger partial charge in [0.2, 0.25) is 5.95 Å². The molecule has 0 radical (unpaired) electrons. The van der Waals surface area contributed by atoms with Crippen molar-refractivity contribution in [1.82, 2.24) is 19.9 Å². The molecule has 0 unspecified atom stereocenters. The minimum Gasteiger partial charge on any atom is -0.480 e. The fraction of sp³-hybridized carbons (Fsp3) is 0.444. The number of aromatic nitrogens is 4. The fourth-order valence-electron chi connectivity index (χ4n) is 1.36. The maximum absolute atomic E-state index is 11.6. The number of nitrogens with zero attached hydrogens (tertiary/aromatic N) is 3. The van der Waals surface area contributed by atoms with Gasteiger partial charge in [-0.25, -0.2) is 0 Å². The highest BCUT2D eigenvalue weighted by Crippen LogP contribution is 2.11. The van der Waals surface area contributed by atoms with Crippen LogP contribution in [0.3, 0.4) is 0 Å². The van der Waals surface area contributed by atoms with Gasteiger partial charge in [-0.15, -0.1) is 0 Å². The van der Waals surface area contributed by atoms with Crippen molar-refractivity contribution in [3.63, 3.8) is 0 Å². The first-order valence-electron chi connectivity index (χ1n) is 5.35. The maximum Gasteiger partial charge on any atom is 0.293 e. The van der Waals surface area contributed by atoms with Crippen LogP contribution in [0.5, 0.6) is 6.01 Å². The van der Waals surface area contributed by atoms with Crippen molar-refractivity contribution in [2.24, 2.45) is 0 Å². The lowest BCUT2D eigenvalue weighted by molar-refractivity contribution is 0.0703. The quantitative estimate of drug-likeness (QED) is 0.334. The Kier molecular flexibility index (Phi) is 3.44. The third kappa shape index (κ3) is 2.41. The number of H-pyrrole nitrogens is 2. The van der Waals surface area contributed by atoms with Crippen LogP contribution in [0.2, 0.25) is 0 Å². The molecule has 0 saturated carbocycles. The van der Waals surface area contributed by atoms with Crippen molar-refractivity contribution in [1.29, 1.82) is 0 Å². The van der Waals surface area contributed by atoms with Crippen LogP contribution in [0.25, 0.3) is 11.2 Å². The van der Waals surface area contributed by atoms with Crippen molar-refractivity contribution >= 4 is 17.1 Å². The van der Waals surface area contributed by atoms with E-state index in [1.165, 1.54) is 0 Å². The monoisotopic (exact) mass is 255 g/mol. The van der Waals surface area contributed by atoms with E-state index in [0.29, 0.717) is 11.7 Å². The van der Waals surface area contributed by atoms with E-state index in [9.17, 15) is 10.0 Å². The zero-order chi connectivity index (χ0) is 13.1. The van der Waals surface area contributed by atoms with Crippen LogP contribution >= 0.6 is 0 Å². The molecule has 18 heavy (non-hydrogen) atoms. The minimum atomic E-state index is -0.544. The molecule has 2 rings (SSSR count). The molecule has 98 valence electrons. The molecule has 0 saturated heterocycles. The van der Waals surface area contributed by atoms with Crippen molar-refractivity contribution < 1.29 is 15.1 Å². The predicted molar refractivity (Wildman–Crippen MR) is 61.5 cm³/mol. The number of hydrogen-bond donors (Lipinski definition) is 4. The van der Waals surface area contributed by atoms with Gasteiger partial charge in [0.1, 0.15) is 6.73 Å². The van der Waals surface area contributed by atoms with Gasteiger partial charge in [-0.2, -0.15) is 15.0 Å². The molecule has 0 aromatic carbocycles. The number of aromatic amines is 2. The zero-order valence-electron chi connectivity index (χ0n) is 9.67. The van der Waals surface area contributed by atoms with Crippen LogP contribution < -0.4 is 10.6 Å². The summed E-state index contributed by atoms with van der Waals surface area (Å²) in [7, 11) is 0. The Morgan fingerprint density at radius 2 is 2.17 bits per heavy atom. The average Bonchev–Trinajstić information content (AvgIpc) is 2.70. The molecule has 0 fully saturated rings. The summed E-state index contributed by atoms with van der Waals surface area (Å²) in [4.78, 5) is 23.8. The van der Waals surface area contributed by atoms with Crippen molar-refractivity contribution in [3.8, 4) is 6.01 Å². The highest BCUT2D eigenvalue weighted by molar-refractivity contribution is 5.71. The summed E-state index contributed by atoms with van der Waals surface area (Å²) < 4.78 is 5.09. The van der Waals surface area contributed by atoms with E-state index < -0.39 is 11.6 Å². The normalized spacial score (nSPS) is 11.0. The van der Waals surface area contributed by atoms with Crippen LogP contribution in [0, 0.1) is 0 Å². The van der Waals surface area contributed by atoms with Gasteiger partial charge in [0, 0.05) is 6.61 Å². The lowest BCUT2D eigenvalue weighted by Gasteiger charge is -2.14. The van der Waals surface area contributed by atoms with Gasteiger partial charge in [0.15, 0.2) is 11.2 Å². The van der Waals surface area contributed by atoms with Crippen LogP contribution in [0.1, 0.15) is 13.3 Å². The summed E-state index contributed by atoms with van der Waals surface area (Å²) in [6, 6.07) is -0.410. The standard InChI is InChI=1S/C9H13N5O4/c1-2-3-18-4-14(17)8-11-6-5(7(15)13-8)10-9(16)12-6/h17H,2-4H2,1H3,(H3,10,11,12,13,15,16). The third-order valence-corrected chi connectivity index (χ3v) is 2.14. The fourth-order valence-corrected chi connectivity index (χ4v) is 1.36. The SMILES string of the molecule is CCCOCN(O)c1nc2nc(O)[nH]c2c(=O)[nH]1.